The van der Waals surface area contributed by atoms with Gasteiger partial charge in [-0.3, -0.25) is 0 Å². The maximum absolute atomic E-state index is 15.3. The number of hydrogen-bond donors (Lipinski definition) is 0. The fourth-order valence-electron chi connectivity index (χ4n) is 5.39. The van der Waals surface area contributed by atoms with Crippen LogP contribution < -0.4 is 26.4 Å². The molecule has 2 heterocycles. The maximum Gasteiger partial charge on any atom is 0.283 e. The molecular weight excluding hydrogens is 774 g/mol. The van der Waals surface area contributed by atoms with E-state index in [1.807, 2.05) is 30.4 Å². The molecule has 0 aliphatic carbocycles. The molecule has 0 fully saturated rings. The molecule has 23 heteroatoms. The monoisotopic (exact) mass is 781 g/mol. The molecule has 0 aliphatic heterocycles. The van der Waals surface area contributed by atoms with Crippen molar-refractivity contribution in [2.45, 2.75) is 0 Å². The highest BCUT2D eigenvalue weighted by molar-refractivity contribution is 7.20. The van der Waals surface area contributed by atoms with Crippen LogP contribution in [0, 0.1) is 122 Å². The van der Waals surface area contributed by atoms with E-state index in [9.17, 15) is 48.3 Å². The van der Waals surface area contributed by atoms with Crippen molar-refractivity contribution in [3.8, 4) is 6.07 Å². The van der Waals surface area contributed by atoms with Crippen LogP contribution in [0.2, 0.25) is 0 Å². The van der Waals surface area contributed by atoms with Gasteiger partial charge in [0, 0.05) is 12.1 Å². The molecule has 0 aliphatic rings. The van der Waals surface area contributed by atoms with Gasteiger partial charge in [0.1, 0.15) is 59.7 Å². The molecule has 0 radical (unpaired) electrons. The van der Waals surface area contributed by atoms with E-state index in [-0.39, 0.29) is 0 Å². The second-order valence-corrected chi connectivity index (χ2v) is 10.4. The second-order valence-electron chi connectivity index (χ2n) is 10.4. The lowest BCUT2D eigenvalue weighted by molar-refractivity contribution is -0.674. The number of aromatic nitrogens is 2. The SMILES string of the molecule is C[n+]1ccccc1C#N.Fc1nc(F)c(F)c([B-](c2c(F)c(F)c(F)c(F)c2F)(c2c(F)c(F)c(F)c(F)c2F)c2c(F)c(F)c(F)c(F)c2F)c1F. The highest BCUT2D eigenvalue weighted by Crippen LogP contribution is 2.29. The second kappa shape index (κ2) is 14.3. The fourth-order valence-corrected chi connectivity index (χ4v) is 5.39. The Kier molecular flexibility index (Phi) is 10.8. The summed E-state index contributed by atoms with van der Waals surface area (Å²) in [5, 5.41) is 8.45. The highest BCUT2D eigenvalue weighted by atomic mass is 19.2. The van der Waals surface area contributed by atoms with Crippen LogP contribution in [0.25, 0.3) is 0 Å². The van der Waals surface area contributed by atoms with Crippen molar-refractivity contribution in [2.75, 3.05) is 0 Å². The molecule has 0 atom stereocenters. The van der Waals surface area contributed by atoms with E-state index >= 15 is 35.1 Å². The summed E-state index contributed by atoms with van der Waals surface area (Å²) in [7, 11) is 1.85. The molecule has 0 N–H and O–H groups in total. The third-order valence-electron chi connectivity index (χ3n) is 7.66. The smallest absolute Gasteiger partial charge is 0.207 e. The van der Waals surface area contributed by atoms with Crippen molar-refractivity contribution in [1.82, 2.24) is 4.98 Å². The zero-order valence-electron chi connectivity index (χ0n) is 24.9. The van der Waals surface area contributed by atoms with Crippen LogP contribution in [0.15, 0.2) is 24.4 Å². The molecule has 0 spiro atoms. The predicted octanol–water partition coefficient (Wildman–Crippen LogP) is 5.48. The minimum atomic E-state index is -7.08. The van der Waals surface area contributed by atoms with Crippen LogP contribution in [0.5, 0.6) is 0 Å². The van der Waals surface area contributed by atoms with Crippen molar-refractivity contribution in [1.29, 1.82) is 5.26 Å². The molecule has 53 heavy (non-hydrogen) atoms. The third kappa shape index (κ3) is 5.94. The van der Waals surface area contributed by atoms with E-state index in [1.165, 1.54) is 0 Å². The average Bonchev–Trinajstić information content (AvgIpc) is 3.12. The van der Waals surface area contributed by atoms with Gasteiger partial charge in [-0.25, -0.2) is 74.6 Å². The van der Waals surface area contributed by atoms with Gasteiger partial charge in [0.25, 0.3) is 5.69 Å². The Morgan fingerprint density at radius 3 is 0.943 bits per heavy atom. The number of aryl methyl sites for hydroxylation is 1. The summed E-state index contributed by atoms with van der Waals surface area (Å²) in [5.41, 5.74) is -13.2. The summed E-state index contributed by atoms with van der Waals surface area (Å²) in [6.07, 6.45) is -5.23. The number of rotatable bonds is 4. The van der Waals surface area contributed by atoms with Gasteiger partial charge < -0.3 is 0 Å². The van der Waals surface area contributed by atoms with Gasteiger partial charge in [0.2, 0.25) is 11.9 Å². The van der Waals surface area contributed by atoms with Crippen molar-refractivity contribution in [3.05, 3.63) is 141 Å². The predicted molar refractivity (Wildman–Crippen MR) is 139 cm³/mol. The average molecular weight is 781 g/mol. The lowest BCUT2D eigenvalue weighted by Crippen LogP contribution is -2.81. The Hall–Kier alpha value is -5.82. The Morgan fingerprint density at radius 1 is 0.434 bits per heavy atom. The lowest BCUT2D eigenvalue weighted by Gasteiger charge is -2.44. The first-order valence-corrected chi connectivity index (χ1v) is 13.4. The van der Waals surface area contributed by atoms with E-state index < -0.39 is 139 Å². The zero-order valence-corrected chi connectivity index (χ0v) is 24.9. The molecule has 3 nitrogen and oxygen atoms in total. The van der Waals surface area contributed by atoms with Gasteiger partial charge >= 0.3 is 0 Å². The maximum atomic E-state index is 15.3. The quantitative estimate of drug-likeness (QED) is 0.0606. The first-order valence-electron chi connectivity index (χ1n) is 13.4. The summed E-state index contributed by atoms with van der Waals surface area (Å²) in [5.74, 6) is -65.9. The number of nitrogens with zero attached hydrogens (tertiary/aromatic N) is 3. The van der Waals surface area contributed by atoms with E-state index in [1.54, 1.807) is 10.6 Å². The summed E-state index contributed by atoms with van der Waals surface area (Å²) in [6, 6.07) is 7.57. The van der Waals surface area contributed by atoms with Gasteiger partial charge in [-0.1, -0.05) is 0 Å². The van der Waals surface area contributed by atoms with Gasteiger partial charge in [-0.15, -0.1) is 21.9 Å². The van der Waals surface area contributed by atoms with E-state index in [0.29, 0.717) is 5.69 Å². The van der Waals surface area contributed by atoms with Gasteiger partial charge in [0.05, 0.1) is 0 Å². The van der Waals surface area contributed by atoms with Gasteiger partial charge in [0.15, 0.2) is 64.6 Å². The molecule has 0 amide bonds. The van der Waals surface area contributed by atoms with Crippen LogP contribution in [0.1, 0.15) is 5.69 Å². The molecule has 0 saturated carbocycles. The summed E-state index contributed by atoms with van der Waals surface area (Å²) < 4.78 is 281. The summed E-state index contributed by atoms with van der Waals surface area (Å²) in [6.45, 7) is 0. The normalized spacial score (nSPS) is 11.4. The molecule has 278 valence electrons. The lowest BCUT2D eigenvalue weighted by atomic mass is 9.12. The number of benzene rings is 3. The van der Waals surface area contributed by atoms with Crippen molar-refractivity contribution < 1.29 is 88.0 Å². The minimum Gasteiger partial charge on any atom is -0.207 e. The van der Waals surface area contributed by atoms with Crippen LogP contribution in [0.4, 0.5) is 83.4 Å². The van der Waals surface area contributed by atoms with E-state index in [4.69, 9.17) is 5.26 Å². The zero-order chi connectivity index (χ0) is 40.2. The molecule has 2 aromatic heterocycles. The highest BCUT2D eigenvalue weighted by Gasteiger charge is 2.52. The Labute approximate surface area is 280 Å². The number of pyridine rings is 2. The number of hydrogen-bond acceptors (Lipinski definition) is 2. The first-order chi connectivity index (χ1) is 24.6. The first kappa shape index (κ1) is 40.0. The molecule has 0 unspecified atom stereocenters. The van der Waals surface area contributed by atoms with E-state index in [0.717, 1.165) is 0 Å². The Balaban J connectivity index is 0.000000608. The molecular formula is C30H7BF19N3. The largest absolute Gasteiger partial charge is 0.283 e. The van der Waals surface area contributed by atoms with E-state index in [2.05, 4.69) is 6.07 Å². The van der Waals surface area contributed by atoms with Crippen molar-refractivity contribution in [3.63, 3.8) is 0 Å². The van der Waals surface area contributed by atoms with Crippen LogP contribution in [0.3, 0.4) is 0 Å². The van der Waals surface area contributed by atoms with Crippen LogP contribution >= 0.6 is 0 Å². The molecule has 5 aromatic rings. The fraction of sp³-hybridized carbons (Fsp3) is 0.0333. The van der Waals surface area contributed by atoms with Gasteiger partial charge in [-0.05, 0) is 6.07 Å². The topological polar surface area (TPSA) is 40.6 Å². The molecule has 0 bridgehead atoms. The Morgan fingerprint density at radius 2 is 0.698 bits per heavy atom. The third-order valence-corrected chi connectivity index (χ3v) is 7.66. The molecule has 3 aromatic carbocycles. The van der Waals surface area contributed by atoms with Crippen molar-refractivity contribution >= 4 is 28.0 Å². The number of nitriles is 1. The Bertz CT molecular complexity index is 2110. The van der Waals surface area contributed by atoms with Crippen molar-refractivity contribution in [2.24, 2.45) is 7.05 Å². The van der Waals surface area contributed by atoms with Crippen LogP contribution in [-0.4, -0.2) is 11.1 Å². The van der Waals surface area contributed by atoms with Crippen LogP contribution in [-0.2, 0) is 7.05 Å². The summed E-state index contributed by atoms with van der Waals surface area (Å²) in [4.78, 5) is 1.85. The minimum absolute atomic E-state index is 0.678. The molecule has 5 rings (SSSR count). The summed E-state index contributed by atoms with van der Waals surface area (Å²) >= 11 is 0. The van der Waals surface area contributed by atoms with Gasteiger partial charge in [-0.2, -0.15) is 23.6 Å². The molecule has 0 saturated heterocycles. The standard InChI is InChI=1S/C23BF19N.C7H7N2/c25-5-1(6(26)14(34)19(39)13(5)33)24(4-11(31)22(42)44-23(43)12(4)32,2-7(27)15(35)20(40)16(36)8(2)28)3-9(29)17(37)21(41)18(38)10(3)30;1-9-5-3-2-4-7(9)6-8/h;2-5H,1H3/q-1;+1. The number of halogens is 19.